The molecule has 1 aliphatic heterocycles. The minimum Gasteiger partial charge on any atom is -0.618 e. The SMILES string of the molecule is [O-][n+]1ccccc1CN1C=CC=NC1. The van der Waals surface area contributed by atoms with Gasteiger partial charge in [-0.15, -0.1) is 0 Å². The molecule has 2 heterocycles. The first-order chi connectivity index (χ1) is 6.86. The number of hydrogen-bond donors (Lipinski definition) is 0. The zero-order valence-electron chi connectivity index (χ0n) is 7.71. The highest BCUT2D eigenvalue weighted by Crippen LogP contribution is 2.02. The molecule has 0 atom stereocenters. The Balaban J connectivity index is 2.07. The van der Waals surface area contributed by atoms with E-state index in [4.69, 9.17) is 0 Å². The van der Waals surface area contributed by atoms with Gasteiger partial charge in [-0.25, -0.2) is 0 Å². The largest absolute Gasteiger partial charge is 0.618 e. The molecule has 0 amide bonds. The Morgan fingerprint density at radius 1 is 1.50 bits per heavy atom. The van der Waals surface area contributed by atoms with Crippen molar-refractivity contribution in [1.29, 1.82) is 0 Å². The first kappa shape index (κ1) is 8.74. The molecule has 72 valence electrons. The van der Waals surface area contributed by atoms with Gasteiger partial charge in [0.25, 0.3) is 0 Å². The molecular weight excluding hydrogens is 178 g/mol. The zero-order valence-corrected chi connectivity index (χ0v) is 7.71. The highest BCUT2D eigenvalue weighted by Gasteiger charge is 2.08. The monoisotopic (exact) mass is 189 g/mol. The molecular formula is C10H11N3O. The van der Waals surface area contributed by atoms with Crippen LogP contribution in [0.4, 0.5) is 0 Å². The molecule has 4 nitrogen and oxygen atoms in total. The second-order valence-electron chi connectivity index (χ2n) is 3.08. The first-order valence-electron chi connectivity index (χ1n) is 4.44. The Bertz CT molecular complexity index is 373. The Labute approximate surface area is 82.4 Å². The quantitative estimate of drug-likeness (QED) is 0.507. The normalized spacial score (nSPS) is 14.7. The topological polar surface area (TPSA) is 42.5 Å². The van der Waals surface area contributed by atoms with E-state index < -0.39 is 0 Å². The van der Waals surface area contributed by atoms with E-state index in [1.807, 2.05) is 29.3 Å². The molecule has 4 heteroatoms. The average Bonchev–Trinajstić information content (AvgIpc) is 2.23. The van der Waals surface area contributed by atoms with Crippen LogP contribution in [0.2, 0.25) is 0 Å². The summed E-state index contributed by atoms with van der Waals surface area (Å²) in [5.74, 6) is 0. The summed E-state index contributed by atoms with van der Waals surface area (Å²) in [5, 5.41) is 11.3. The predicted molar refractivity (Wildman–Crippen MR) is 53.4 cm³/mol. The third-order valence-electron chi connectivity index (χ3n) is 2.02. The fourth-order valence-electron chi connectivity index (χ4n) is 1.32. The number of pyridine rings is 1. The van der Waals surface area contributed by atoms with E-state index in [0.717, 1.165) is 10.4 Å². The van der Waals surface area contributed by atoms with Gasteiger partial charge in [-0.1, -0.05) is 0 Å². The van der Waals surface area contributed by atoms with E-state index in [1.54, 1.807) is 12.3 Å². The Morgan fingerprint density at radius 3 is 3.14 bits per heavy atom. The molecule has 0 radical (unpaired) electrons. The van der Waals surface area contributed by atoms with Crippen LogP contribution in [0.1, 0.15) is 5.69 Å². The number of rotatable bonds is 2. The molecule has 0 aromatic carbocycles. The smallest absolute Gasteiger partial charge is 0.212 e. The number of nitrogens with zero attached hydrogens (tertiary/aromatic N) is 3. The minimum absolute atomic E-state index is 0.595. The molecule has 0 saturated carbocycles. The van der Waals surface area contributed by atoms with Gasteiger partial charge in [-0.2, -0.15) is 4.73 Å². The van der Waals surface area contributed by atoms with Gasteiger partial charge in [0.05, 0.1) is 0 Å². The van der Waals surface area contributed by atoms with Crippen molar-refractivity contribution in [2.45, 2.75) is 6.54 Å². The Kier molecular flexibility index (Phi) is 2.44. The molecule has 1 aliphatic rings. The molecule has 0 aliphatic carbocycles. The molecule has 0 saturated heterocycles. The van der Waals surface area contributed by atoms with E-state index in [9.17, 15) is 5.21 Å². The van der Waals surface area contributed by atoms with Gasteiger partial charge in [0.2, 0.25) is 5.69 Å². The van der Waals surface area contributed by atoms with Gasteiger partial charge in [-0.3, -0.25) is 4.99 Å². The fraction of sp³-hybridized carbons (Fsp3) is 0.200. The van der Waals surface area contributed by atoms with Crippen LogP contribution < -0.4 is 4.73 Å². The van der Waals surface area contributed by atoms with Crippen LogP contribution in [0.3, 0.4) is 0 Å². The summed E-state index contributed by atoms with van der Waals surface area (Å²) >= 11 is 0. The van der Waals surface area contributed by atoms with Gasteiger partial charge in [0.15, 0.2) is 6.20 Å². The van der Waals surface area contributed by atoms with Crippen molar-refractivity contribution in [2.75, 3.05) is 6.67 Å². The van der Waals surface area contributed by atoms with Crippen LogP contribution in [0, 0.1) is 5.21 Å². The standard InChI is InChI=1S/C10H11N3O/c14-13-7-2-1-4-10(13)8-12-6-3-5-11-9-12/h1-7H,8-9H2. The van der Waals surface area contributed by atoms with Crippen molar-refractivity contribution in [3.63, 3.8) is 0 Å². The summed E-state index contributed by atoms with van der Waals surface area (Å²) in [6, 6.07) is 5.40. The molecule has 0 unspecified atom stereocenters. The maximum atomic E-state index is 11.3. The van der Waals surface area contributed by atoms with Gasteiger partial charge in [-0.05, 0) is 12.1 Å². The van der Waals surface area contributed by atoms with Gasteiger partial charge < -0.3 is 10.1 Å². The fourth-order valence-corrected chi connectivity index (χ4v) is 1.32. The van der Waals surface area contributed by atoms with Gasteiger partial charge in [0, 0.05) is 24.5 Å². The molecule has 0 spiro atoms. The lowest BCUT2D eigenvalue weighted by Gasteiger charge is -2.18. The number of allylic oxidation sites excluding steroid dienone is 1. The van der Waals surface area contributed by atoms with Crippen molar-refractivity contribution < 1.29 is 4.73 Å². The lowest BCUT2D eigenvalue weighted by molar-refractivity contribution is -0.615. The predicted octanol–water partition coefficient (Wildman–Crippen LogP) is 0.678. The van der Waals surface area contributed by atoms with Crippen molar-refractivity contribution >= 4 is 6.21 Å². The second-order valence-corrected chi connectivity index (χ2v) is 3.08. The highest BCUT2D eigenvalue weighted by atomic mass is 16.5. The minimum atomic E-state index is 0.595. The van der Waals surface area contributed by atoms with Crippen LogP contribution in [-0.2, 0) is 6.54 Å². The molecule has 0 N–H and O–H groups in total. The Hall–Kier alpha value is -1.84. The maximum Gasteiger partial charge on any atom is 0.212 e. The molecule has 14 heavy (non-hydrogen) atoms. The summed E-state index contributed by atoms with van der Waals surface area (Å²) in [7, 11) is 0. The summed E-state index contributed by atoms with van der Waals surface area (Å²) in [6.45, 7) is 1.21. The van der Waals surface area contributed by atoms with Gasteiger partial charge in [0.1, 0.15) is 13.2 Å². The van der Waals surface area contributed by atoms with E-state index in [1.165, 1.54) is 6.20 Å². The molecule has 0 fully saturated rings. The average molecular weight is 189 g/mol. The van der Waals surface area contributed by atoms with Crippen LogP contribution in [0.15, 0.2) is 41.7 Å². The molecule has 0 bridgehead atoms. The number of aliphatic imine (C=N–C) groups is 1. The van der Waals surface area contributed by atoms with Crippen LogP contribution in [-0.4, -0.2) is 17.8 Å². The van der Waals surface area contributed by atoms with E-state index in [-0.39, 0.29) is 0 Å². The van der Waals surface area contributed by atoms with Crippen LogP contribution in [0.5, 0.6) is 0 Å². The van der Waals surface area contributed by atoms with Crippen molar-refractivity contribution in [1.82, 2.24) is 4.90 Å². The zero-order chi connectivity index (χ0) is 9.80. The third-order valence-corrected chi connectivity index (χ3v) is 2.02. The summed E-state index contributed by atoms with van der Waals surface area (Å²) < 4.78 is 0.881. The van der Waals surface area contributed by atoms with Crippen molar-refractivity contribution in [3.8, 4) is 0 Å². The maximum absolute atomic E-state index is 11.3. The van der Waals surface area contributed by atoms with Gasteiger partial charge >= 0.3 is 0 Å². The van der Waals surface area contributed by atoms with E-state index in [0.29, 0.717) is 13.2 Å². The molecule has 2 rings (SSSR count). The lowest BCUT2D eigenvalue weighted by atomic mass is 10.3. The van der Waals surface area contributed by atoms with Crippen LogP contribution >= 0.6 is 0 Å². The highest BCUT2D eigenvalue weighted by molar-refractivity contribution is 5.71. The Morgan fingerprint density at radius 2 is 2.43 bits per heavy atom. The van der Waals surface area contributed by atoms with E-state index in [2.05, 4.69) is 4.99 Å². The second kappa shape index (κ2) is 3.91. The van der Waals surface area contributed by atoms with Crippen molar-refractivity contribution in [3.05, 3.63) is 47.6 Å². The number of aromatic nitrogens is 1. The summed E-state index contributed by atoms with van der Waals surface area (Å²) in [5.41, 5.74) is 0.731. The third kappa shape index (κ3) is 1.90. The van der Waals surface area contributed by atoms with Crippen molar-refractivity contribution in [2.24, 2.45) is 4.99 Å². The molecule has 1 aromatic heterocycles. The first-order valence-corrected chi connectivity index (χ1v) is 4.44. The van der Waals surface area contributed by atoms with E-state index >= 15 is 0 Å². The summed E-state index contributed by atoms with van der Waals surface area (Å²) in [6.07, 6.45) is 7.06. The van der Waals surface area contributed by atoms with Crippen LogP contribution in [0.25, 0.3) is 0 Å². The summed E-state index contributed by atoms with van der Waals surface area (Å²) in [4.78, 5) is 6.06. The number of hydrogen-bond acceptors (Lipinski definition) is 3. The molecule has 1 aromatic rings. The lowest BCUT2D eigenvalue weighted by Crippen LogP contribution is -2.34.